The zero-order chi connectivity index (χ0) is 17.2. The lowest BCUT2D eigenvalue weighted by molar-refractivity contribution is -0.883. The Labute approximate surface area is 144 Å². The number of carbonyl (C=O) groups excluding carboxylic acids is 1. The molecule has 2 aliphatic heterocycles. The zero-order valence-electron chi connectivity index (χ0n) is 14.1. The summed E-state index contributed by atoms with van der Waals surface area (Å²) in [4.78, 5) is 16.5. The van der Waals surface area contributed by atoms with Gasteiger partial charge in [-0.05, 0) is 25.0 Å². The van der Waals surface area contributed by atoms with E-state index in [4.69, 9.17) is 0 Å². The Morgan fingerprint density at radius 1 is 1.08 bits per heavy atom. The monoisotopic (exact) mass is 352 g/mol. The molecule has 1 aromatic rings. The van der Waals surface area contributed by atoms with Crippen LogP contribution in [0.1, 0.15) is 19.3 Å². The molecule has 1 atom stereocenters. The molecule has 0 bridgehead atoms. The number of rotatable bonds is 3. The number of likely N-dealkylation sites (N-methyl/N-ethyl adjacent to an activating group) is 1. The third-order valence-corrected chi connectivity index (χ3v) is 6.94. The smallest absolute Gasteiger partial charge is 0.243 e. The summed E-state index contributed by atoms with van der Waals surface area (Å²) in [6, 6.07) is 7.88. The Morgan fingerprint density at radius 3 is 2.42 bits per heavy atom. The number of nitrogens with one attached hydrogen (secondary N) is 1. The minimum atomic E-state index is -3.63. The normalized spacial score (nSPS) is 24.0. The van der Waals surface area contributed by atoms with E-state index in [2.05, 4.69) is 7.05 Å². The topological polar surface area (TPSA) is 62.1 Å². The van der Waals surface area contributed by atoms with Gasteiger partial charge >= 0.3 is 0 Å². The van der Waals surface area contributed by atoms with E-state index in [1.807, 2.05) is 4.90 Å². The van der Waals surface area contributed by atoms with Gasteiger partial charge in [-0.3, -0.25) is 4.79 Å². The van der Waals surface area contributed by atoms with Crippen molar-refractivity contribution in [2.75, 3.05) is 39.8 Å². The Kier molecular flexibility index (Phi) is 5.22. The molecule has 1 N–H and O–H groups in total. The fourth-order valence-electron chi connectivity index (χ4n) is 3.49. The van der Waals surface area contributed by atoms with Crippen molar-refractivity contribution >= 4 is 15.9 Å². The number of amides is 1. The fourth-order valence-corrected chi connectivity index (χ4v) is 5.16. The number of quaternary nitrogens is 1. The van der Waals surface area contributed by atoms with E-state index in [1.165, 1.54) is 9.21 Å². The predicted octanol–water partition coefficient (Wildman–Crippen LogP) is -0.413. The second-order valence-corrected chi connectivity index (χ2v) is 8.61. The van der Waals surface area contributed by atoms with Crippen LogP contribution in [-0.2, 0) is 14.8 Å². The highest BCUT2D eigenvalue weighted by Crippen LogP contribution is 2.26. The van der Waals surface area contributed by atoms with Gasteiger partial charge in [-0.1, -0.05) is 24.6 Å². The SMILES string of the molecule is C[NH+]1CCN(C(=O)[C@H]2CCCCN2S(=O)(=O)c2ccccc2)CC1. The number of piperazine rings is 1. The van der Waals surface area contributed by atoms with E-state index in [9.17, 15) is 13.2 Å². The largest absolute Gasteiger partial charge is 0.334 e. The molecule has 2 saturated heterocycles. The van der Waals surface area contributed by atoms with Crippen molar-refractivity contribution in [1.82, 2.24) is 9.21 Å². The highest BCUT2D eigenvalue weighted by Gasteiger charge is 2.40. The van der Waals surface area contributed by atoms with Crippen LogP contribution in [0.4, 0.5) is 0 Å². The van der Waals surface area contributed by atoms with E-state index >= 15 is 0 Å². The van der Waals surface area contributed by atoms with Gasteiger partial charge in [0.05, 0.1) is 38.1 Å². The third-order valence-electron chi connectivity index (χ3n) is 5.02. The van der Waals surface area contributed by atoms with Crippen molar-refractivity contribution in [3.8, 4) is 0 Å². The van der Waals surface area contributed by atoms with Crippen molar-refractivity contribution in [3.05, 3.63) is 30.3 Å². The standard InChI is InChI=1S/C17H25N3O3S/c1-18-11-13-19(14-12-18)17(21)16-9-5-6-10-20(16)24(22,23)15-7-3-2-4-8-15/h2-4,7-8,16H,5-6,9-14H2,1H3/p+1/t16-/m1/s1. The van der Waals surface area contributed by atoms with E-state index < -0.39 is 16.1 Å². The predicted molar refractivity (Wildman–Crippen MR) is 91.2 cm³/mol. The molecule has 24 heavy (non-hydrogen) atoms. The number of sulfonamides is 1. The van der Waals surface area contributed by atoms with Gasteiger partial charge in [0.25, 0.3) is 0 Å². The minimum Gasteiger partial charge on any atom is -0.334 e. The number of hydrogen-bond acceptors (Lipinski definition) is 3. The van der Waals surface area contributed by atoms with Gasteiger partial charge in [0, 0.05) is 6.54 Å². The molecule has 3 rings (SSSR count). The number of benzene rings is 1. The lowest BCUT2D eigenvalue weighted by Crippen LogP contribution is -3.12. The van der Waals surface area contributed by atoms with Crippen molar-refractivity contribution in [3.63, 3.8) is 0 Å². The number of piperidine rings is 1. The first-order chi connectivity index (χ1) is 11.5. The molecule has 0 unspecified atom stereocenters. The van der Waals surface area contributed by atoms with Crippen LogP contribution in [0, 0.1) is 0 Å². The molecule has 132 valence electrons. The van der Waals surface area contributed by atoms with E-state index in [0.717, 1.165) is 25.9 Å². The molecule has 2 aliphatic rings. The summed E-state index contributed by atoms with van der Waals surface area (Å²) in [7, 11) is -1.51. The summed E-state index contributed by atoms with van der Waals surface area (Å²) in [6.07, 6.45) is 2.32. The van der Waals surface area contributed by atoms with Crippen molar-refractivity contribution in [2.45, 2.75) is 30.2 Å². The summed E-state index contributed by atoms with van der Waals surface area (Å²) in [5.74, 6) is -0.0262. The van der Waals surface area contributed by atoms with Crippen LogP contribution in [0.2, 0.25) is 0 Å². The Balaban J connectivity index is 1.82. The molecule has 0 radical (unpaired) electrons. The highest BCUT2D eigenvalue weighted by molar-refractivity contribution is 7.89. The molecular weight excluding hydrogens is 326 g/mol. The number of hydrogen-bond donors (Lipinski definition) is 1. The van der Waals surface area contributed by atoms with E-state index in [1.54, 1.807) is 30.3 Å². The van der Waals surface area contributed by atoms with Crippen LogP contribution in [0.25, 0.3) is 0 Å². The van der Waals surface area contributed by atoms with Gasteiger partial charge in [0.2, 0.25) is 15.9 Å². The van der Waals surface area contributed by atoms with Crippen LogP contribution in [-0.4, -0.2) is 69.3 Å². The average Bonchev–Trinajstić information content (AvgIpc) is 2.62. The van der Waals surface area contributed by atoms with Crippen molar-refractivity contribution in [2.24, 2.45) is 0 Å². The van der Waals surface area contributed by atoms with Crippen LogP contribution in [0.5, 0.6) is 0 Å². The van der Waals surface area contributed by atoms with Crippen molar-refractivity contribution in [1.29, 1.82) is 0 Å². The van der Waals surface area contributed by atoms with Gasteiger partial charge in [0.15, 0.2) is 0 Å². The maximum Gasteiger partial charge on any atom is 0.243 e. The molecule has 2 heterocycles. The second kappa shape index (κ2) is 7.21. The highest BCUT2D eigenvalue weighted by atomic mass is 32.2. The van der Waals surface area contributed by atoms with Gasteiger partial charge < -0.3 is 9.80 Å². The van der Waals surface area contributed by atoms with E-state index in [-0.39, 0.29) is 10.8 Å². The molecular formula is C17H26N3O3S+. The first kappa shape index (κ1) is 17.4. The van der Waals surface area contributed by atoms with Crippen LogP contribution in [0.3, 0.4) is 0 Å². The summed E-state index contributed by atoms with van der Waals surface area (Å²) in [6.45, 7) is 3.68. The molecule has 0 saturated carbocycles. The fraction of sp³-hybridized carbons (Fsp3) is 0.588. The molecule has 0 spiro atoms. The molecule has 1 amide bonds. The summed E-state index contributed by atoms with van der Waals surface area (Å²) in [5.41, 5.74) is 0. The Bertz CT molecular complexity index is 670. The summed E-state index contributed by atoms with van der Waals surface area (Å²) in [5, 5.41) is 0. The Morgan fingerprint density at radius 2 is 1.75 bits per heavy atom. The van der Waals surface area contributed by atoms with Gasteiger partial charge in [0.1, 0.15) is 6.04 Å². The third kappa shape index (κ3) is 3.48. The van der Waals surface area contributed by atoms with Crippen LogP contribution >= 0.6 is 0 Å². The van der Waals surface area contributed by atoms with Gasteiger partial charge in [-0.25, -0.2) is 8.42 Å². The first-order valence-corrected chi connectivity index (χ1v) is 10.1. The molecule has 0 aliphatic carbocycles. The lowest BCUT2D eigenvalue weighted by Gasteiger charge is -2.38. The van der Waals surface area contributed by atoms with Gasteiger partial charge in [-0.15, -0.1) is 0 Å². The summed E-state index contributed by atoms with van der Waals surface area (Å²) >= 11 is 0. The molecule has 1 aromatic carbocycles. The average molecular weight is 352 g/mol. The lowest BCUT2D eigenvalue weighted by atomic mass is 10.0. The molecule has 6 nitrogen and oxygen atoms in total. The van der Waals surface area contributed by atoms with Crippen LogP contribution in [0.15, 0.2) is 35.2 Å². The maximum atomic E-state index is 13.0. The first-order valence-electron chi connectivity index (χ1n) is 8.67. The van der Waals surface area contributed by atoms with Crippen molar-refractivity contribution < 1.29 is 18.1 Å². The Hall–Kier alpha value is -1.44. The summed E-state index contributed by atoms with van der Waals surface area (Å²) < 4.78 is 27.4. The molecule has 0 aromatic heterocycles. The quantitative estimate of drug-likeness (QED) is 0.804. The maximum absolute atomic E-state index is 13.0. The zero-order valence-corrected chi connectivity index (χ0v) is 15.0. The second-order valence-electron chi connectivity index (χ2n) is 6.72. The molecule has 7 heteroatoms. The van der Waals surface area contributed by atoms with Gasteiger partial charge in [-0.2, -0.15) is 4.31 Å². The minimum absolute atomic E-state index is 0.0262. The number of nitrogens with zero attached hydrogens (tertiary/aromatic N) is 2. The number of carbonyl (C=O) groups is 1. The van der Waals surface area contributed by atoms with Crippen LogP contribution < -0.4 is 4.90 Å². The van der Waals surface area contributed by atoms with E-state index in [0.29, 0.717) is 26.1 Å². The molecule has 2 fully saturated rings.